The van der Waals surface area contributed by atoms with Gasteiger partial charge in [-0.3, -0.25) is 4.68 Å². The van der Waals surface area contributed by atoms with Crippen molar-refractivity contribution in [2.75, 3.05) is 7.11 Å². The van der Waals surface area contributed by atoms with Crippen molar-refractivity contribution >= 4 is 32.8 Å². The van der Waals surface area contributed by atoms with Crippen LogP contribution in [-0.4, -0.2) is 22.9 Å². The first-order valence-corrected chi connectivity index (χ1v) is 6.85. The zero-order valence-electron chi connectivity index (χ0n) is 11.5. The molecule has 19 heavy (non-hydrogen) atoms. The van der Waals surface area contributed by atoms with Gasteiger partial charge in [-0.15, -0.1) is 0 Å². The number of esters is 1. The fraction of sp³-hybridized carbons (Fsp3) is 0.429. The zero-order valence-corrected chi connectivity index (χ0v) is 13.1. The molecule has 0 atom stereocenters. The molecule has 0 aliphatic heterocycles. The molecule has 0 saturated heterocycles. The van der Waals surface area contributed by atoms with Crippen molar-refractivity contribution in [3.05, 3.63) is 28.4 Å². The third kappa shape index (κ3) is 2.97. The van der Waals surface area contributed by atoms with Crippen LogP contribution in [0.2, 0.25) is 0 Å². The van der Waals surface area contributed by atoms with Crippen molar-refractivity contribution in [2.45, 2.75) is 27.3 Å². The van der Waals surface area contributed by atoms with Gasteiger partial charge in [0.15, 0.2) is 5.69 Å². The number of aromatic nitrogens is 2. The summed E-state index contributed by atoms with van der Waals surface area (Å²) < 4.78 is 7.58. The van der Waals surface area contributed by atoms with Crippen LogP contribution in [0.5, 0.6) is 0 Å². The Bertz CT molecular complexity index is 626. The average molecular weight is 325 g/mol. The van der Waals surface area contributed by atoms with Crippen molar-refractivity contribution in [2.24, 2.45) is 5.41 Å². The van der Waals surface area contributed by atoms with E-state index < -0.39 is 5.97 Å². The Kier molecular flexibility index (Phi) is 3.67. The van der Waals surface area contributed by atoms with Crippen molar-refractivity contribution in [3.63, 3.8) is 0 Å². The Morgan fingerprint density at radius 2 is 2.11 bits per heavy atom. The fourth-order valence-electron chi connectivity index (χ4n) is 1.97. The molecule has 4 nitrogen and oxygen atoms in total. The van der Waals surface area contributed by atoms with E-state index in [2.05, 4.69) is 41.8 Å². The van der Waals surface area contributed by atoms with Gasteiger partial charge in [-0.25, -0.2) is 4.79 Å². The zero-order chi connectivity index (χ0) is 14.2. The summed E-state index contributed by atoms with van der Waals surface area (Å²) >= 11 is 3.42. The Hall–Kier alpha value is -1.36. The largest absolute Gasteiger partial charge is 0.464 e. The summed E-state index contributed by atoms with van der Waals surface area (Å²) in [6, 6.07) is 5.81. The summed E-state index contributed by atoms with van der Waals surface area (Å²) in [6.45, 7) is 7.15. The second-order valence-electron chi connectivity index (χ2n) is 5.72. The Morgan fingerprint density at radius 1 is 1.42 bits per heavy atom. The molecule has 0 amide bonds. The number of methoxy groups -OCH3 is 1. The smallest absolute Gasteiger partial charge is 0.359 e. The highest BCUT2D eigenvalue weighted by atomic mass is 79.9. The van der Waals surface area contributed by atoms with Gasteiger partial charge >= 0.3 is 5.97 Å². The van der Waals surface area contributed by atoms with Crippen molar-refractivity contribution < 1.29 is 9.53 Å². The van der Waals surface area contributed by atoms with E-state index in [0.717, 1.165) is 21.9 Å². The molecule has 0 bridgehead atoms. The van der Waals surface area contributed by atoms with Gasteiger partial charge in [0.25, 0.3) is 0 Å². The number of hydrogen-bond donors (Lipinski definition) is 0. The highest BCUT2D eigenvalue weighted by molar-refractivity contribution is 9.10. The molecule has 5 heteroatoms. The van der Waals surface area contributed by atoms with Crippen LogP contribution in [0.4, 0.5) is 0 Å². The molecule has 0 fully saturated rings. The maximum absolute atomic E-state index is 11.8. The number of carbonyl (C=O) groups excluding carboxylic acids is 1. The first kappa shape index (κ1) is 14.1. The van der Waals surface area contributed by atoms with Crippen LogP contribution in [0.1, 0.15) is 31.3 Å². The molecule has 1 heterocycles. The second-order valence-corrected chi connectivity index (χ2v) is 6.64. The highest BCUT2D eigenvalue weighted by Crippen LogP contribution is 2.26. The predicted octanol–water partition coefficient (Wildman–Crippen LogP) is 3.63. The van der Waals surface area contributed by atoms with Gasteiger partial charge in [0.1, 0.15) is 0 Å². The first-order chi connectivity index (χ1) is 8.81. The molecule has 102 valence electrons. The number of carbonyl (C=O) groups is 1. The molecular weight excluding hydrogens is 308 g/mol. The van der Waals surface area contributed by atoms with Crippen LogP contribution in [0.15, 0.2) is 22.7 Å². The summed E-state index contributed by atoms with van der Waals surface area (Å²) in [6.07, 6.45) is 0. The lowest BCUT2D eigenvalue weighted by atomic mass is 9.97. The van der Waals surface area contributed by atoms with Crippen LogP contribution in [0, 0.1) is 5.41 Å². The van der Waals surface area contributed by atoms with Crippen LogP contribution in [0.3, 0.4) is 0 Å². The number of hydrogen-bond acceptors (Lipinski definition) is 3. The van der Waals surface area contributed by atoms with Gasteiger partial charge in [0.2, 0.25) is 0 Å². The third-order valence-corrected chi connectivity index (χ3v) is 3.21. The summed E-state index contributed by atoms with van der Waals surface area (Å²) in [5, 5.41) is 5.22. The lowest BCUT2D eigenvalue weighted by Crippen LogP contribution is -2.17. The molecule has 1 aromatic heterocycles. The van der Waals surface area contributed by atoms with Crippen LogP contribution in [-0.2, 0) is 11.3 Å². The fourth-order valence-corrected chi connectivity index (χ4v) is 2.33. The van der Waals surface area contributed by atoms with E-state index in [0.29, 0.717) is 5.69 Å². The highest BCUT2D eigenvalue weighted by Gasteiger charge is 2.20. The lowest BCUT2D eigenvalue weighted by Gasteiger charge is -2.18. The molecule has 0 radical (unpaired) electrons. The monoisotopic (exact) mass is 324 g/mol. The molecular formula is C14H17BrN2O2. The van der Waals surface area contributed by atoms with Gasteiger partial charge < -0.3 is 4.74 Å². The first-order valence-electron chi connectivity index (χ1n) is 6.06. The Morgan fingerprint density at radius 3 is 2.68 bits per heavy atom. The lowest BCUT2D eigenvalue weighted by molar-refractivity contribution is 0.0594. The van der Waals surface area contributed by atoms with Gasteiger partial charge in [-0.1, -0.05) is 36.7 Å². The molecule has 2 aromatic rings. The summed E-state index contributed by atoms with van der Waals surface area (Å²) in [5.74, 6) is -0.407. The Balaban J connectivity index is 2.63. The number of rotatable bonds is 2. The number of nitrogens with zero attached hydrogens (tertiary/aromatic N) is 2. The third-order valence-electron chi connectivity index (χ3n) is 2.72. The SMILES string of the molecule is COC(=O)c1nn(CC(C)(C)C)c2ccc(Br)cc12. The molecule has 0 aliphatic rings. The van der Waals surface area contributed by atoms with Gasteiger partial charge in [-0.2, -0.15) is 5.10 Å². The molecule has 2 rings (SSSR count). The van der Waals surface area contributed by atoms with Crippen LogP contribution < -0.4 is 0 Å². The normalized spacial score (nSPS) is 11.8. The molecule has 0 saturated carbocycles. The van der Waals surface area contributed by atoms with Gasteiger partial charge in [0, 0.05) is 16.4 Å². The van der Waals surface area contributed by atoms with E-state index >= 15 is 0 Å². The van der Waals surface area contributed by atoms with Crippen LogP contribution >= 0.6 is 15.9 Å². The number of halogens is 1. The standard InChI is InChI=1S/C14H17BrN2O2/c1-14(2,3)8-17-11-6-5-9(15)7-10(11)12(16-17)13(18)19-4/h5-7H,8H2,1-4H3. The van der Waals surface area contributed by atoms with E-state index in [4.69, 9.17) is 4.74 Å². The maximum atomic E-state index is 11.8. The van der Waals surface area contributed by atoms with E-state index in [1.807, 2.05) is 22.9 Å². The van der Waals surface area contributed by atoms with Crippen molar-refractivity contribution in [1.82, 2.24) is 9.78 Å². The number of ether oxygens (including phenoxy) is 1. The molecule has 0 N–H and O–H groups in total. The maximum Gasteiger partial charge on any atom is 0.359 e. The molecule has 0 unspecified atom stereocenters. The van der Waals surface area contributed by atoms with E-state index in [-0.39, 0.29) is 5.41 Å². The van der Waals surface area contributed by atoms with E-state index in [9.17, 15) is 4.79 Å². The van der Waals surface area contributed by atoms with E-state index in [1.54, 1.807) is 0 Å². The number of benzene rings is 1. The molecule has 0 aliphatic carbocycles. The average Bonchev–Trinajstić information content (AvgIpc) is 2.64. The minimum Gasteiger partial charge on any atom is -0.464 e. The topological polar surface area (TPSA) is 44.1 Å². The summed E-state index contributed by atoms with van der Waals surface area (Å²) in [5.41, 5.74) is 1.39. The second kappa shape index (κ2) is 4.96. The van der Waals surface area contributed by atoms with Crippen molar-refractivity contribution in [3.8, 4) is 0 Å². The van der Waals surface area contributed by atoms with Gasteiger partial charge in [-0.05, 0) is 23.6 Å². The molecule has 0 spiro atoms. The quantitative estimate of drug-likeness (QED) is 0.792. The minimum absolute atomic E-state index is 0.0828. The van der Waals surface area contributed by atoms with Gasteiger partial charge in [0.05, 0.1) is 12.6 Å². The predicted molar refractivity (Wildman–Crippen MR) is 78.2 cm³/mol. The Labute approximate surface area is 120 Å². The number of fused-ring (bicyclic) bond motifs is 1. The molecule has 1 aromatic carbocycles. The van der Waals surface area contributed by atoms with E-state index in [1.165, 1.54) is 7.11 Å². The summed E-state index contributed by atoms with van der Waals surface area (Å²) in [4.78, 5) is 11.8. The van der Waals surface area contributed by atoms with Crippen LogP contribution in [0.25, 0.3) is 10.9 Å². The van der Waals surface area contributed by atoms with Crippen molar-refractivity contribution in [1.29, 1.82) is 0 Å². The summed E-state index contributed by atoms with van der Waals surface area (Å²) in [7, 11) is 1.37. The minimum atomic E-state index is -0.407.